The third-order valence-electron chi connectivity index (χ3n) is 4.62. The number of thiazole rings is 1. The van der Waals surface area contributed by atoms with Gasteiger partial charge in [-0.2, -0.15) is 0 Å². The Hall–Kier alpha value is -1.72. The Labute approximate surface area is 147 Å². The van der Waals surface area contributed by atoms with Crippen LogP contribution >= 0.6 is 11.3 Å². The van der Waals surface area contributed by atoms with Crippen LogP contribution in [0.15, 0.2) is 36.5 Å². The Kier molecular flexibility index (Phi) is 4.74. The zero-order valence-corrected chi connectivity index (χ0v) is 15.3. The van der Waals surface area contributed by atoms with E-state index >= 15 is 0 Å². The molecule has 0 spiro atoms. The molecule has 0 radical (unpaired) electrons. The van der Waals surface area contributed by atoms with Crippen LogP contribution in [0, 0.1) is 5.92 Å². The van der Waals surface area contributed by atoms with Gasteiger partial charge in [-0.05, 0) is 18.0 Å². The molecule has 1 saturated heterocycles. The van der Waals surface area contributed by atoms with Crippen molar-refractivity contribution in [2.75, 3.05) is 19.6 Å². The summed E-state index contributed by atoms with van der Waals surface area (Å²) in [5.74, 6) is 0.710. The van der Waals surface area contributed by atoms with Crippen molar-refractivity contribution in [1.82, 2.24) is 9.88 Å². The first kappa shape index (κ1) is 17.1. The Morgan fingerprint density at radius 2 is 2.00 bits per heavy atom. The van der Waals surface area contributed by atoms with Crippen LogP contribution in [-0.4, -0.2) is 35.4 Å². The van der Waals surface area contributed by atoms with Crippen molar-refractivity contribution in [2.45, 2.75) is 32.1 Å². The van der Waals surface area contributed by atoms with Gasteiger partial charge in [-0.1, -0.05) is 51.1 Å². The fourth-order valence-corrected chi connectivity index (χ4v) is 4.17. The van der Waals surface area contributed by atoms with Gasteiger partial charge in [0.05, 0.1) is 11.2 Å². The monoisotopic (exact) mass is 343 g/mol. The second-order valence-electron chi connectivity index (χ2n) is 7.50. The van der Waals surface area contributed by atoms with E-state index in [4.69, 9.17) is 5.73 Å². The number of rotatable bonds is 3. The molecule has 128 valence electrons. The van der Waals surface area contributed by atoms with E-state index in [1.165, 1.54) is 16.9 Å². The number of nitrogens with two attached hydrogens (primary N) is 1. The standard InChI is InChI=1S/C19H25N3OS/c1-19(2,3)18-21-10-16(24-18)17(23)22-11-14(9-20)15(12-22)13-7-5-4-6-8-13/h4-8,10,14-15H,9,11-12,20H2,1-3H3/t14-,15+/m1/s1. The molecule has 1 aliphatic rings. The van der Waals surface area contributed by atoms with Crippen LogP contribution in [0.25, 0.3) is 0 Å². The van der Waals surface area contributed by atoms with Crippen LogP contribution in [0.3, 0.4) is 0 Å². The molecule has 1 aromatic carbocycles. The van der Waals surface area contributed by atoms with Crippen LogP contribution in [0.2, 0.25) is 0 Å². The molecule has 1 aliphatic heterocycles. The summed E-state index contributed by atoms with van der Waals surface area (Å²) < 4.78 is 0. The molecule has 5 heteroatoms. The Balaban J connectivity index is 1.78. The molecule has 1 aromatic heterocycles. The van der Waals surface area contributed by atoms with Crippen LogP contribution in [0.4, 0.5) is 0 Å². The van der Waals surface area contributed by atoms with E-state index in [0.717, 1.165) is 23.0 Å². The third-order valence-corrected chi connectivity index (χ3v) is 6.03. The van der Waals surface area contributed by atoms with Crippen molar-refractivity contribution in [3.05, 3.63) is 52.0 Å². The summed E-state index contributed by atoms with van der Waals surface area (Å²) in [7, 11) is 0. The molecule has 0 bridgehead atoms. The van der Waals surface area contributed by atoms with Crippen molar-refractivity contribution in [3.8, 4) is 0 Å². The molecule has 4 nitrogen and oxygen atoms in total. The topological polar surface area (TPSA) is 59.2 Å². The molecular weight excluding hydrogens is 318 g/mol. The van der Waals surface area contributed by atoms with E-state index in [1.807, 2.05) is 23.1 Å². The van der Waals surface area contributed by atoms with Gasteiger partial charge in [0, 0.05) is 24.4 Å². The molecule has 24 heavy (non-hydrogen) atoms. The second kappa shape index (κ2) is 6.65. The number of benzene rings is 1. The Morgan fingerprint density at radius 1 is 1.29 bits per heavy atom. The summed E-state index contributed by atoms with van der Waals surface area (Å²) in [6.07, 6.45) is 1.72. The van der Waals surface area contributed by atoms with Gasteiger partial charge in [-0.25, -0.2) is 4.98 Å². The molecule has 2 aromatic rings. The van der Waals surface area contributed by atoms with Crippen LogP contribution in [0.1, 0.15) is 46.9 Å². The molecule has 3 rings (SSSR count). The van der Waals surface area contributed by atoms with Gasteiger partial charge in [0.25, 0.3) is 5.91 Å². The van der Waals surface area contributed by atoms with E-state index < -0.39 is 0 Å². The van der Waals surface area contributed by atoms with Crippen molar-refractivity contribution >= 4 is 17.2 Å². The van der Waals surface area contributed by atoms with Gasteiger partial charge in [0.2, 0.25) is 0 Å². The highest BCUT2D eigenvalue weighted by Gasteiger charge is 2.36. The van der Waals surface area contributed by atoms with Crippen molar-refractivity contribution in [1.29, 1.82) is 0 Å². The van der Waals surface area contributed by atoms with E-state index in [9.17, 15) is 4.79 Å². The van der Waals surface area contributed by atoms with Gasteiger partial charge >= 0.3 is 0 Å². The maximum absolute atomic E-state index is 12.9. The maximum Gasteiger partial charge on any atom is 0.265 e. The summed E-state index contributed by atoms with van der Waals surface area (Å²) in [6.45, 7) is 8.40. The zero-order valence-electron chi connectivity index (χ0n) is 14.5. The highest BCUT2D eigenvalue weighted by atomic mass is 32.1. The van der Waals surface area contributed by atoms with Crippen molar-refractivity contribution in [3.63, 3.8) is 0 Å². The van der Waals surface area contributed by atoms with Crippen LogP contribution in [0.5, 0.6) is 0 Å². The first-order valence-electron chi connectivity index (χ1n) is 8.40. The Morgan fingerprint density at radius 3 is 2.58 bits per heavy atom. The first-order chi connectivity index (χ1) is 11.4. The summed E-state index contributed by atoms with van der Waals surface area (Å²) >= 11 is 1.51. The molecular formula is C19H25N3OS. The highest BCUT2D eigenvalue weighted by Crippen LogP contribution is 2.34. The molecule has 1 amide bonds. The number of carbonyl (C=O) groups excluding carboxylic acids is 1. The van der Waals surface area contributed by atoms with E-state index in [-0.39, 0.29) is 11.3 Å². The lowest BCUT2D eigenvalue weighted by atomic mass is 9.89. The number of carbonyl (C=O) groups is 1. The van der Waals surface area contributed by atoms with Crippen LogP contribution < -0.4 is 5.73 Å². The summed E-state index contributed by atoms with van der Waals surface area (Å²) in [4.78, 5) is 20.0. The molecule has 0 aliphatic carbocycles. The van der Waals surface area contributed by atoms with E-state index in [1.54, 1.807) is 6.20 Å². The van der Waals surface area contributed by atoms with Gasteiger partial charge in [-0.3, -0.25) is 4.79 Å². The number of nitrogens with zero attached hydrogens (tertiary/aromatic N) is 2. The van der Waals surface area contributed by atoms with Crippen molar-refractivity contribution in [2.24, 2.45) is 11.7 Å². The fraction of sp³-hybridized carbons (Fsp3) is 0.474. The molecule has 2 atom stereocenters. The first-order valence-corrected chi connectivity index (χ1v) is 9.22. The summed E-state index contributed by atoms with van der Waals surface area (Å²) in [5, 5.41) is 1.00. The predicted octanol–water partition coefficient (Wildman–Crippen LogP) is 3.26. The lowest BCUT2D eigenvalue weighted by molar-refractivity contribution is 0.0791. The molecule has 2 heterocycles. The second-order valence-corrected chi connectivity index (χ2v) is 8.53. The molecule has 1 fully saturated rings. The summed E-state index contributed by atoms with van der Waals surface area (Å²) in [5.41, 5.74) is 7.22. The zero-order chi connectivity index (χ0) is 17.3. The SMILES string of the molecule is CC(C)(C)c1ncc(C(=O)N2C[C@@H](CN)[C@H](c3ccccc3)C2)s1. The number of amides is 1. The van der Waals surface area contributed by atoms with Gasteiger partial charge < -0.3 is 10.6 Å². The number of aromatic nitrogens is 1. The van der Waals surface area contributed by atoms with Gasteiger partial charge in [0.15, 0.2) is 0 Å². The maximum atomic E-state index is 12.9. The van der Waals surface area contributed by atoms with E-state index in [2.05, 4.69) is 37.9 Å². The smallest absolute Gasteiger partial charge is 0.265 e. The summed E-state index contributed by atoms with van der Waals surface area (Å²) in [6, 6.07) is 10.4. The lowest BCUT2D eigenvalue weighted by Crippen LogP contribution is -2.29. The lowest BCUT2D eigenvalue weighted by Gasteiger charge is -2.16. The predicted molar refractivity (Wildman–Crippen MR) is 98.4 cm³/mol. The third kappa shape index (κ3) is 3.37. The van der Waals surface area contributed by atoms with Crippen LogP contribution in [-0.2, 0) is 5.41 Å². The van der Waals surface area contributed by atoms with Crippen molar-refractivity contribution < 1.29 is 4.79 Å². The highest BCUT2D eigenvalue weighted by molar-refractivity contribution is 7.13. The average Bonchev–Trinajstić information content (AvgIpc) is 3.22. The minimum Gasteiger partial charge on any atom is -0.337 e. The number of hydrogen-bond acceptors (Lipinski definition) is 4. The van der Waals surface area contributed by atoms with Gasteiger partial charge in [-0.15, -0.1) is 11.3 Å². The molecule has 0 unspecified atom stereocenters. The molecule has 2 N–H and O–H groups in total. The minimum absolute atomic E-state index is 0.0272. The average molecular weight is 343 g/mol. The molecule has 0 saturated carbocycles. The number of likely N-dealkylation sites (tertiary alicyclic amines) is 1. The fourth-order valence-electron chi connectivity index (χ4n) is 3.23. The Bertz CT molecular complexity index is 705. The quantitative estimate of drug-likeness (QED) is 0.930. The number of hydrogen-bond donors (Lipinski definition) is 1. The van der Waals surface area contributed by atoms with E-state index in [0.29, 0.717) is 18.4 Å². The minimum atomic E-state index is -0.0272. The largest absolute Gasteiger partial charge is 0.337 e. The van der Waals surface area contributed by atoms with Gasteiger partial charge in [0.1, 0.15) is 4.88 Å². The normalized spacial score (nSPS) is 21.2.